The minimum atomic E-state index is -4.24. The van der Waals surface area contributed by atoms with Crippen LogP contribution >= 0.6 is 0 Å². The van der Waals surface area contributed by atoms with Crippen LogP contribution in [0.15, 0.2) is 0 Å². The Bertz CT molecular complexity index is 160. The summed E-state index contributed by atoms with van der Waals surface area (Å²) in [6, 6.07) is 0. The molecule has 0 radical (unpaired) electrons. The Kier molecular flexibility index (Phi) is 3.16. The smallest absolute Gasteiger partial charge is 0.314 e. The molecular weight excluding hydrogens is 186 g/mol. The minimum absolute atomic E-state index is 0.0586. The van der Waals surface area contributed by atoms with Gasteiger partial charge in [-0.2, -0.15) is 13.2 Å². The van der Waals surface area contributed by atoms with Crippen molar-refractivity contribution in [3.05, 3.63) is 0 Å². The van der Waals surface area contributed by atoms with Gasteiger partial charge >= 0.3 is 6.18 Å². The van der Waals surface area contributed by atoms with Gasteiger partial charge in [-0.05, 0) is 25.8 Å². The number of halogens is 4. The van der Waals surface area contributed by atoms with Gasteiger partial charge in [0.15, 0.2) is 0 Å². The highest BCUT2D eigenvalue weighted by Gasteiger charge is 2.37. The molecule has 1 fully saturated rings. The highest BCUT2D eigenvalue weighted by atomic mass is 19.4. The number of hydrogen-bond acceptors (Lipinski definition) is 1. The lowest BCUT2D eigenvalue weighted by Crippen LogP contribution is -2.42. The summed E-state index contributed by atoms with van der Waals surface area (Å²) < 4.78 is 48.9. The van der Waals surface area contributed by atoms with Crippen molar-refractivity contribution in [3.8, 4) is 0 Å². The highest BCUT2D eigenvalue weighted by molar-refractivity contribution is 4.86. The molecule has 1 rings (SSSR count). The van der Waals surface area contributed by atoms with Crippen molar-refractivity contribution in [2.75, 3.05) is 13.1 Å². The zero-order chi connectivity index (χ0) is 9.95. The van der Waals surface area contributed by atoms with E-state index in [9.17, 15) is 17.6 Å². The monoisotopic (exact) mass is 199 g/mol. The first-order chi connectivity index (χ1) is 5.91. The van der Waals surface area contributed by atoms with Crippen LogP contribution in [0.5, 0.6) is 0 Å². The fourth-order valence-electron chi connectivity index (χ4n) is 1.51. The molecule has 0 aromatic heterocycles. The summed E-state index contributed by atoms with van der Waals surface area (Å²) in [7, 11) is 0. The molecule has 1 unspecified atom stereocenters. The summed E-state index contributed by atoms with van der Waals surface area (Å²) in [5, 5.41) is 2.77. The van der Waals surface area contributed by atoms with Gasteiger partial charge in [0.05, 0.1) is 0 Å². The van der Waals surface area contributed by atoms with Gasteiger partial charge in [-0.15, -0.1) is 0 Å². The van der Waals surface area contributed by atoms with Gasteiger partial charge in [-0.25, -0.2) is 4.39 Å². The van der Waals surface area contributed by atoms with E-state index in [1.165, 1.54) is 0 Å². The summed E-state index contributed by atoms with van der Waals surface area (Å²) >= 11 is 0. The molecule has 0 aromatic carbocycles. The fourth-order valence-corrected chi connectivity index (χ4v) is 1.51. The van der Waals surface area contributed by atoms with Crippen LogP contribution in [-0.4, -0.2) is 24.9 Å². The Labute approximate surface area is 74.5 Å². The minimum Gasteiger partial charge on any atom is -0.314 e. The molecule has 1 heterocycles. The Hall–Kier alpha value is -0.320. The molecule has 1 saturated heterocycles. The molecule has 1 aliphatic rings. The van der Waals surface area contributed by atoms with Crippen molar-refractivity contribution in [2.24, 2.45) is 0 Å². The zero-order valence-electron chi connectivity index (χ0n) is 7.25. The first kappa shape index (κ1) is 10.8. The van der Waals surface area contributed by atoms with Crippen LogP contribution in [0.4, 0.5) is 17.6 Å². The lowest BCUT2D eigenvalue weighted by atomic mass is 9.91. The molecule has 13 heavy (non-hydrogen) atoms. The summed E-state index contributed by atoms with van der Waals surface area (Å²) in [6.07, 6.45) is -4.81. The molecular formula is C8H13F4N. The van der Waals surface area contributed by atoms with Crippen LogP contribution in [0.25, 0.3) is 0 Å². The van der Waals surface area contributed by atoms with Crippen LogP contribution in [0.2, 0.25) is 0 Å². The lowest BCUT2D eigenvalue weighted by Gasteiger charge is -2.30. The van der Waals surface area contributed by atoms with E-state index in [0.29, 0.717) is 13.0 Å². The first-order valence-corrected chi connectivity index (χ1v) is 4.38. The van der Waals surface area contributed by atoms with E-state index in [-0.39, 0.29) is 13.0 Å². The predicted octanol–water partition coefficient (Wildman–Crippen LogP) is 2.42. The van der Waals surface area contributed by atoms with Crippen LogP contribution < -0.4 is 5.32 Å². The van der Waals surface area contributed by atoms with E-state index in [4.69, 9.17) is 0 Å². The summed E-state index contributed by atoms with van der Waals surface area (Å²) in [5.74, 6) is 0. The third-order valence-electron chi connectivity index (χ3n) is 2.28. The second-order valence-electron chi connectivity index (χ2n) is 3.55. The number of nitrogens with one attached hydrogen (secondary N) is 1. The average molecular weight is 199 g/mol. The maximum Gasteiger partial charge on any atom is 0.389 e. The molecule has 0 spiro atoms. The Morgan fingerprint density at radius 2 is 2.00 bits per heavy atom. The van der Waals surface area contributed by atoms with E-state index >= 15 is 0 Å². The molecule has 1 aliphatic heterocycles. The van der Waals surface area contributed by atoms with Crippen LogP contribution in [0, 0.1) is 0 Å². The van der Waals surface area contributed by atoms with Gasteiger partial charge in [-0.3, -0.25) is 0 Å². The third-order valence-corrected chi connectivity index (χ3v) is 2.28. The first-order valence-electron chi connectivity index (χ1n) is 4.38. The van der Waals surface area contributed by atoms with Crippen molar-refractivity contribution >= 4 is 0 Å². The molecule has 1 nitrogen and oxygen atoms in total. The Balaban J connectivity index is 2.33. The van der Waals surface area contributed by atoms with E-state index in [1.807, 2.05) is 0 Å². The van der Waals surface area contributed by atoms with Crippen LogP contribution in [0.1, 0.15) is 25.7 Å². The quantitative estimate of drug-likeness (QED) is 0.673. The largest absolute Gasteiger partial charge is 0.389 e. The predicted molar refractivity (Wildman–Crippen MR) is 41.2 cm³/mol. The second kappa shape index (κ2) is 3.82. The normalized spacial score (nSPS) is 30.5. The fraction of sp³-hybridized carbons (Fsp3) is 1.00. The van der Waals surface area contributed by atoms with E-state index in [1.54, 1.807) is 0 Å². The summed E-state index contributed by atoms with van der Waals surface area (Å²) in [5.41, 5.74) is -1.65. The molecule has 78 valence electrons. The molecule has 1 atom stereocenters. The molecule has 0 saturated carbocycles. The van der Waals surface area contributed by atoms with Crippen LogP contribution in [-0.2, 0) is 0 Å². The van der Waals surface area contributed by atoms with Crippen LogP contribution in [0.3, 0.4) is 0 Å². The highest BCUT2D eigenvalue weighted by Crippen LogP contribution is 2.31. The van der Waals surface area contributed by atoms with Gasteiger partial charge in [0.2, 0.25) is 0 Å². The number of hydrogen-bond donors (Lipinski definition) is 1. The van der Waals surface area contributed by atoms with Crippen molar-refractivity contribution in [3.63, 3.8) is 0 Å². The maximum absolute atomic E-state index is 13.5. The summed E-state index contributed by atoms with van der Waals surface area (Å²) in [6.45, 7) is 0.765. The topological polar surface area (TPSA) is 12.0 Å². The molecule has 0 amide bonds. The Morgan fingerprint density at radius 3 is 2.46 bits per heavy atom. The zero-order valence-corrected chi connectivity index (χ0v) is 7.25. The van der Waals surface area contributed by atoms with Gasteiger partial charge in [0.1, 0.15) is 5.67 Å². The molecule has 1 N–H and O–H groups in total. The van der Waals surface area contributed by atoms with Gasteiger partial charge < -0.3 is 5.32 Å². The second-order valence-corrected chi connectivity index (χ2v) is 3.55. The van der Waals surface area contributed by atoms with Gasteiger partial charge in [0.25, 0.3) is 0 Å². The molecule has 5 heteroatoms. The van der Waals surface area contributed by atoms with Crippen molar-refractivity contribution in [1.82, 2.24) is 5.32 Å². The third kappa shape index (κ3) is 3.93. The van der Waals surface area contributed by atoms with Gasteiger partial charge in [-0.1, -0.05) is 0 Å². The van der Waals surface area contributed by atoms with Crippen molar-refractivity contribution in [1.29, 1.82) is 0 Å². The van der Waals surface area contributed by atoms with Crippen molar-refractivity contribution < 1.29 is 17.6 Å². The molecule has 0 aromatic rings. The van der Waals surface area contributed by atoms with Crippen molar-refractivity contribution in [2.45, 2.75) is 37.5 Å². The average Bonchev–Trinajstić information content (AvgIpc) is 2.02. The number of rotatable bonds is 2. The molecule has 0 bridgehead atoms. The lowest BCUT2D eigenvalue weighted by molar-refractivity contribution is -0.142. The van der Waals surface area contributed by atoms with E-state index < -0.39 is 24.7 Å². The standard InChI is InChI=1S/C8H13F4N/c9-7(2-1-5-13-6-7)3-4-8(10,11)12/h13H,1-6H2. The molecule has 0 aliphatic carbocycles. The van der Waals surface area contributed by atoms with Gasteiger partial charge in [0, 0.05) is 13.0 Å². The van der Waals surface area contributed by atoms with E-state index in [2.05, 4.69) is 5.32 Å². The Morgan fingerprint density at radius 1 is 1.31 bits per heavy atom. The SMILES string of the molecule is FC(F)(F)CCC1(F)CCCNC1. The number of alkyl halides is 4. The number of piperidine rings is 1. The summed E-state index contributed by atoms with van der Waals surface area (Å²) in [4.78, 5) is 0. The van der Waals surface area contributed by atoms with E-state index in [0.717, 1.165) is 0 Å². The maximum atomic E-state index is 13.5.